The summed E-state index contributed by atoms with van der Waals surface area (Å²) in [4.78, 5) is 16.0. The van der Waals surface area contributed by atoms with Crippen LogP contribution in [-0.2, 0) is 4.79 Å². The number of aryl methyl sites for hydroxylation is 1. The first-order valence-electron chi connectivity index (χ1n) is 8.09. The molecule has 1 aliphatic rings. The number of fused-ring (bicyclic) bond motifs is 1. The second-order valence-electron chi connectivity index (χ2n) is 6.10. The van der Waals surface area contributed by atoms with Crippen LogP contribution < -0.4 is 14.8 Å². The maximum absolute atomic E-state index is 11.6. The van der Waals surface area contributed by atoms with Crippen LogP contribution in [0, 0.1) is 12.8 Å². The molecular weight excluding hydrogens is 308 g/mol. The molecule has 1 amide bonds. The number of nitrogens with zero attached hydrogens (tertiary/aromatic N) is 1. The first kappa shape index (κ1) is 16.5. The number of carbonyl (C=O) groups excluding carboxylic acids is 1. The molecule has 0 spiro atoms. The lowest BCUT2D eigenvalue weighted by atomic mass is 9.96. The minimum absolute atomic E-state index is 0.149. The number of amides is 1. The number of hydrogen-bond donors (Lipinski definition) is 2. The van der Waals surface area contributed by atoms with Gasteiger partial charge in [-0.2, -0.15) is 0 Å². The van der Waals surface area contributed by atoms with E-state index in [1.54, 1.807) is 13.3 Å². The highest BCUT2D eigenvalue weighted by Gasteiger charge is 2.40. The summed E-state index contributed by atoms with van der Waals surface area (Å²) >= 11 is 0. The van der Waals surface area contributed by atoms with Crippen molar-refractivity contribution < 1.29 is 19.4 Å². The summed E-state index contributed by atoms with van der Waals surface area (Å²) in [5.41, 5.74) is 1.04. The predicted octanol–water partition coefficient (Wildman–Crippen LogP) is 1.82. The van der Waals surface area contributed by atoms with Crippen LogP contribution in [0.15, 0.2) is 24.4 Å². The van der Waals surface area contributed by atoms with Gasteiger partial charge in [-0.15, -0.1) is 0 Å². The molecule has 2 unspecified atom stereocenters. The highest BCUT2D eigenvalue weighted by atomic mass is 16.5. The summed E-state index contributed by atoms with van der Waals surface area (Å²) in [6, 6.07) is 5.64. The predicted molar refractivity (Wildman–Crippen MR) is 90.2 cm³/mol. The van der Waals surface area contributed by atoms with Gasteiger partial charge in [0.15, 0.2) is 0 Å². The summed E-state index contributed by atoms with van der Waals surface area (Å²) in [5.74, 6) is 0.788. The van der Waals surface area contributed by atoms with Crippen LogP contribution in [0.2, 0.25) is 0 Å². The van der Waals surface area contributed by atoms with Crippen molar-refractivity contribution in [2.24, 2.45) is 5.92 Å². The van der Waals surface area contributed by atoms with E-state index < -0.39 is 6.10 Å². The molecule has 6 nitrogen and oxygen atoms in total. The molecule has 0 radical (unpaired) electrons. The Morgan fingerprint density at radius 2 is 2.17 bits per heavy atom. The van der Waals surface area contributed by atoms with Crippen LogP contribution in [0.1, 0.15) is 18.9 Å². The van der Waals surface area contributed by atoms with Crippen LogP contribution in [0.25, 0.3) is 10.8 Å². The average molecular weight is 330 g/mol. The van der Waals surface area contributed by atoms with Crippen LogP contribution >= 0.6 is 0 Å². The lowest BCUT2D eigenvalue weighted by molar-refractivity contribution is -0.127. The number of carbonyl (C=O) groups is 1. The average Bonchev–Trinajstić information content (AvgIpc) is 2.85. The summed E-state index contributed by atoms with van der Waals surface area (Å²) in [6.45, 7) is 4.20. The third-order valence-electron chi connectivity index (χ3n) is 4.63. The number of hydrogen-bond acceptors (Lipinski definition) is 5. The molecule has 128 valence electrons. The first-order chi connectivity index (χ1) is 11.5. The molecule has 24 heavy (non-hydrogen) atoms. The number of ether oxygens (including phenoxy) is 2. The molecule has 1 aliphatic heterocycles. The Kier molecular flexibility index (Phi) is 4.57. The van der Waals surface area contributed by atoms with Crippen molar-refractivity contribution in [3.8, 4) is 11.6 Å². The number of methoxy groups -OCH3 is 1. The second kappa shape index (κ2) is 6.65. The van der Waals surface area contributed by atoms with Crippen molar-refractivity contribution in [1.29, 1.82) is 0 Å². The highest BCUT2D eigenvalue weighted by molar-refractivity contribution is 5.89. The number of aromatic nitrogens is 1. The Morgan fingerprint density at radius 1 is 1.38 bits per heavy atom. The van der Waals surface area contributed by atoms with Crippen molar-refractivity contribution in [3.63, 3.8) is 0 Å². The fourth-order valence-corrected chi connectivity index (χ4v) is 3.25. The molecule has 1 aromatic carbocycles. The van der Waals surface area contributed by atoms with Crippen molar-refractivity contribution in [2.45, 2.75) is 32.4 Å². The largest absolute Gasteiger partial charge is 0.496 e. The molecule has 2 heterocycles. The van der Waals surface area contributed by atoms with Gasteiger partial charge in [0, 0.05) is 17.5 Å². The lowest BCUT2D eigenvalue weighted by Gasteiger charge is -2.19. The monoisotopic (exact) mass is 330 g/mol. The van der Waals surface area contributed by atoms with Crippen LogP contribution in [0.3, 0.4) is 0 Å². The molecule has 1 aromatic heterocycles. The zero-order valence-corrected chi connectivity index (χ0v) is 14.1. The molecule has 3 rings (SSSR count). The van der Waals surface area contributed by atoms with Crippen molar-refractivity contribution in [1.82, 2.24) is 10.3 Å². The molecule has 3 atom stereocenters. The van der Waals surface area contributed by atoms with Gasteiger partial charge in [0.05, 0.1) is 13.2 Å². The second-order valence-corrected chi connectivity index (χ2v) is 6.10. The summed E-state index contributed by atoms with van der Waals surface area (Å²) in [6.07, 6.45) is 1.43. The van der Waals surface area contributed by atoms with Gasteiger partial charge in [-0.3, -0.25) is 4.79 Å². The zero-order valence-electron chi connectivity index (χ0n) is 14.1. The van der Waals surface area contributed by atoms with Gasteiger partial charge >= 0.3 is 0 Å². The van der Waals surface area contributed by atoms with E-state index in [0.29, 0.717) is 12.3 Å². The molecule has 0 bridgehead atoms. The van der Waals surface area contributed by atoms with E-state index in [4.69, 9.17) is 9.47 Å². The van der Waals surface area contributed by atoms with E-state index in [1.165, 1.54) is 0 Å². The van der Waals surface area contributed by atoms with Gasteiger partial charge in [-0.25, -0.2) is 4.98 Å². The van der Waals surface area contributed by atoms with Gasteiger partial charge in [0.25, 0.3) is 0 Å². The van der Waals surface area contributed by atoms with Crippen molar-refractivity contribution in [3.05, 3.63) is 30.0 Å². The Hall–Kier alpha value is -2.34. The maximum Gasteiger partial charge on any atom is 0.249 e. The minimum atomic E-state index is -0.966. The van der Waals surface area contributed by atoms with Crippen molar-refractivity contribution >= 4 is 16.7 Å². The highest BCUT2D eigenvalue weighted by Crippen LogP contribution is 2.31. The Bertz CT molecular complexity index is 762. The SMILES string of the molecule is CCC1C(COc2nccc3cc(C)c(OC)cc23)NC(=O)[C@@H]1O. The Labute approximate surface area is 140 Å². The normalized spacial score (nSPS) is 23.3. The number of nitrogens with one attached hydrogen (secondary N) is 1. The van der Waals surface area contributed by atoms with Gasteiger partial charge in [-0.1, -0.05) is 6.92 Å². The van der Waals surface area contributed by atoms with E-state index in [0.717, 1.165) is 22.1 Å². The fourth-order valence-electron chi connectivity index (χ4n) is 3.25. The molecular formula is C18H22N2O4. The van der Waals surface area contributed by atoms with E-state index in [1.807, 2.05) is 32.0 Å². The van der Waals surface area contributed by atoms with Gasteiger partial charge in [0.1, 0.15) is 18.5 Å². The van der Waals surface area contributed by atoms with E-state index in [2.05, 4.69) is 10.3 Å². The zero-order chi connectivity index (χ0) is 17.3. The van der Waals surface area contributed by atoms with Crippen LogP contribution in [0.4, 0.5) is 0 Å². The molecule has 1 fully saturated rings. The number of benzene rings is 1. The summed E-state index contributed by atoms with van der Waals surface area (Å²) in [7, 11) is 1.63. The van der Waals surface area contributed by atoms with E-state index in [-0.39, 0.29) is 24.5 Å². The first-order valence-corrected chi connectivity index (χ1v) is 8.09. The standard InChI is InChI=1S/C18H22N2O4/c1-4-12-14(20-17(22)16(12)21)9-24-18-13-8-15(23-3)10(2)7-11(13)5-6-19-18/h5-8,12,14,16,21H,4,9H2,1-3H3,(H,20,22)/t12?,14?,16-/m1/s1. The summed E-state index contributed by atoms with van der Waals surface area (Å²) < 4.78 is 11.3. The Balaban J connectivity index is 1.84. The van der Waals surface area contributed by atoms with Crippen LogP contribution in [0.5, 0.6) is 11.6 Å². The van der Waals surface area contributed by atoms with Crippen molar-refractivity contribution in [2.75, 3.05) is 13.7 Å². The third kappa shape index (κ3) is 2.89. The van der Waals surface area contributed by atoms with E-state index in [9.17, 15) is 9.90 Å². The van der Waals surface area contributed by atoms with Gasteiger partial charge < -0.3 is 19.9 Å². The molecule has 2 aromatic rings. The number of rotatable bonds is 5. The molecule has 6 heteroatoms. The quantitative estimate of drug-likeness (QED) is 0.874. The fraction of sp³-hybridized carbons (Fsp3) is 0.444. The topological polar surface area (TPSA) is 80.7 Å². The van der Waals surface area contributed by atoms with Gasteiger partial charge in [-0.05, 0) is 42.5 Å². The molecule has 0 aliphatic carbocycles. The molecule has 1 saturated heterocycles. The van der Waals surface area contributed by atoms with E-state index >= 15 is 0 Å². The number of pyridine rings is 1. The lowest BCUT2D eigenvalue weighted by Crippen LogP contribution is -2.34. The third-order valence-corrected chi connectivity index (χ3v) is 4.63. The van der Waals surface area contributed by atoms with Crippen LogP contribution in [-0.4, -0.2) is 41.9 Å². The summed E-state index contributed by atoms with van der Waals surface area (Å²) in [5, 5.41) is 14.6. The van der Waals surface area contributed by atoms with Gasteiger partial charge in [0.2, 0.25) is 11.8 Å². The Morgan fingerprint density at radius 3 is 2.88 bits per heavy atom. The number of aliphatic hydroxyl groups excluding tert-OH is 1. The molecule has 0 saturated carbocycles. The number of aliphatic hydroxyl groups is 1. The maximum atomic E-state index is 11.6. The smallest absolute Gasteiger partial charge is 0.249 e. The molecule has 2 N–H and O–H groups in total. The minimum Gasteiger partial charge on any atom is -0.496 e.